The van der Waals surface area contributed by atoms with Crippen molar-refractivity contribution in [3.63, 3.8) is 0 Å². The van der Waals surface area contributed by atoms with Gasteiger partial charge in [0.15, 0.2) is 0 Å². The molecule has 14 heteroatoms. The quantitative estimate of drug-likeness (QED) is 0.142. The van der Waals surface area contributed by atoms with Gasteiger partial charge in [-0.05, 0) is 0 Å². The zero-order chi connectivity index (χ0) is 15.5. The number of carboxylic acids is 6. The van der Waals surface area contributed by atoms with Gasteiger partial charge in [0.25, 0.3) is 0 Å². The molecule has 0 amide bonds. The molecule has 0 fully saturated rings. The minimum atomic E-state index is -1.82. The van der Waals surface area contributed by atoms with E-state index in [0.29, 0.717) is 0 Å². The van der Waals surface area contributed by atoms with E-state index in [1.54, 1.807) is 0 Å². The molecule has 0 spiro atoms. The summed E-state index contributed by atoms with van der Waals surface area (Å²) in [5, 5.41) is 44.3. The third-order valence-corrected chi connectivity index (χ3v) is 0.549. The van der Waals surface area contributed by atoms with Gasteiger partial charge in [-0.15, -0.1) is 0 Å². The monoisotopic (exact) mass is 724 g/mol. The van der Waals surface area contributed by atoms with Gasteiger partial charge in [0.05, 0.1) is 0 Å². The van der Waals surface area contributed by atoms with Crippen LogP contribution >= 0.6 is 0 Å². The van der Waals surface area contributed by atoms with Crippen LogP contribution in [0, 0.1) is 88.1 Å². The average molecular weight is 724 g/mol. The molecular formula is C6H6Ac2O12. The smallest absolute Gasteiger partial charge is 0.414 e. The predicted octanol–water partition coefficient (Wildman–Crippen LogP) is -2.53. The maximum absolute atomic E-state index is 9.10. The molecule has 0 aromatic rings. The van der Waals surface area contributed by atoms with Crippen LogP contribution in [0.5, 0.6) is 0 Å². The van der Waals surface area contributed by atoms with Crippen molar-refractivity contribution in [2.24, 2.45) is 0 Å². The molecule has 0 unspecified atom stereocenters. The van der Waals surface area contributed by atoms with Crippen molar-refractivity contribution in [3.8, 4) is 0 Å². The maximum atomic E-state index is 9.10. The number of carbonyl (C=O) groups is 6. The van der Waals surface area contributed by atoms with Gasteiger partial charge >= 0.3 is 35.8 Å². The Labute approximate surface area is 180 Å². The summed E-state index contributed by atoms with van der Waals surface area (Å²) in [6.07, 6.45) is 0. The Morgan fingerprint density at radius 3 is 0.400 bits per heavy atom. The Balaban J connectivity index is -0.0000000536. The van der Waals surface area contributed by atoms with Gasteiger partial charge in [-0.3, -0.25) is 0 Å². The largest absolute Gasteiger partial charge is 0.473 e. The molecule has 0 aliphatic heterocycles. The van der Waals surface area contributed by atoms with Gasteiger partial charge in [0.2, 0.25) is 0 Å². The first-order chi connectivity index (χ1) is 7.93. The summed E-state index contributed by atoms with van der Waals surface area (Å²) in [4.78, 5) is 54.6. The summed E-state index contributed by atoms with van der Waals surface area (Å²) in [6, 6.07) is 0. The van der Waals surface area contributed by atoms with Crippen LogP contribution in [0.25, 0.3) is 0 Å². The zero-order valence-electron chi connectivity index (χ0n) is 9.29. The summed E-state index contributed by atoms with van der Waals surface area (Å²) < 4.78 is 0. The van der Waals surface area contributed by atoms with Crippen LogP contribution in [0.3, 0.4) is 0 Å². The molecule has 0 bridgehead atoms. The van der Waals surface area contributed by atoms with Crippen LogP contribution < -0.4 is 0 Å². The summed E-state index contributed by atoms with van der Waals surface area (Å²) in [7, 11) is 0. The third kappa shape index (κ3) is 36.1. The first kappa shape index (κ1) is 31.9. The minimum Gasteiger partial charge on any atom is -0.473 e. The molecule has 20 heavy (non-hydrogen) atoms. The van der Waals surface area contributed by atoms with Crippen LogP contribution in [0.2, 0.25) is 0 Å². The summed E-state index contributed by atoms with van der Waals surface area (Å²) >= 11 is 0. The minimum absolute atomic E-state index is 0. The van der Waals surface area contributed by atoms with Crippen LogP contribution in [-0.4, -0.2) is 66.5 Å². The zero-order valence-corrected chi connectivity index (χ0v) is 18.8. The molecule has 0 aromatic carbocycles. The normalized spacial score (nSPS) is 6.60. The van der Waals surface area contributed by atoms with E-state index in [0.717, 1.165) is 0 Å². The van der Waals surface area contributed by atoms with E-state index in [9.17, 15) is 0 Å². The van der Waals surface area contributed by atoms with Crippen LogP contribution in [0.1, 0.15) is 0 Å². The Kier molecular flexibility index (Phi) is 29.8. The molecule has 12 nitrogen and oxygen atoms in total. The standard InChI is InChI=1S/3C2H2O4.2Ac/c3*3-1(4)2(5)6;;/h3*(H,3,4)(H,5,6);;. The second kappa shape index (κ2) is 18.7. The van der Waals surface area contributed by atoms with Crippen molar-refractivity contribution in [2.75, 3.05) is 0 Å². The molecule has 0 saturated heterocycles. The molecule has 0 saturated carbocycles. The van der Waals surface area contributed by atoms with Gasteiger partial charge in [-0.1, -0.05) is 0 Å². The molecule has 0 heterocycles. The SMILES string of the molecule is O=C(O)C(=O)O.O=C(O)C(=O)O.O=C(O)C(=O)O.[Ac].[Ac]. The summed E-state index contributed by atoms with van der Waals surface area (Å²) in [5.74, 6) is -10.9. The van der Waals surface area contributed by atoms with E-state index in [4.69, 9.17) is 59.4 Å². The van der Waals surface area contributed by atoms with Crippen molar-refractivity contribution in [1.29, 1.82) is 0 Å². The molecule has 108 valence electrons. The van der Waals surface area contributed by atoms with E-state index < -0.39 is 35.8 Å². The topological polar surface area (TPSA) is 224 Å². The second-order valence-electron chi connectivity index (χ2n) is 1.83. The first-order valence-corrected chi connectivity index (χ1v) is 3.32. The second-order valence-corrected chi connectivity index (χ2v) is 1.83. The van der Waals surface area contributed by atoms with Crippen molar-refractivity contribution in [3.05, 3.63) is 0 Å². The van der Waals surface area contributed by atoms with E-state index in [-0.39, 0.29) is 88.1 Å². The van der Waals surface area contributed by atoms with E-state index in [2.05, 4.69) is 0 Å². The van der Waals surface area contributed by atoms with E-state index in [1.807, 2.05) is 0 Å². The van der Waals surface area contributed by atoms with Gasteiger partial charge in [0.1, 0.15) is 0 Å². The van der Waals surface area contributed by atoms with Crippen molar-refractivity contribution >= 4 is 35.8 Å². The van der Waals surface area contributed by atoms with Gasteiger partial charge in [-0.2, -0.15) is 0 Å². The Hall–Kier alpha value is -0.297. The number of aliphatic carboxylic acids is 6. The predicted molar refractivity (Wildman–Crippen MR) is 45.8 cm³/mol. The van der Waals surface area contributed by atoms with Gasteiger partial charge < -0.3 is 30.6 Å². The van der Waals surface area contributed by atoms with Crippen LogP contribution in [0.4, 0.5) is 0 Å². The molecule has 0 aromatic heterocycles. The van der Waals surface area contributed by atoms with E-state index in [1.165, 1.54) is 0 Å². The molecular weight excluding hydrogens is 718 g/mol. The molecule has 2 radical (unpaired) electrons. The van der Waals surface area contributed by atoms with Gasteiger partial charge in [-0.25, -0.2) is 28.8 Å². The van der Waals surface area contributed by atoms with Crippen LogP contribution in [0.15, 0.2) is 0 Å². The third-order valence-electron chi connectivity index (χ3n) is 0.549. The number of hydrogen-bond donors (Lipinski definition) is 6. The first-order valence-electron chi connectivity index (χ1n) is 3.32. The summed E-state index contributed by atoms with van der Waals surface area (Å²) in [5.41, 5.74) is 0. The summed E-state index contributed by atoms with van der Waals surface area (Å²) in [6.45, 7) is 0. The van der Waals surface area contributed by atoms with Crippen LogP contribution in [-0.2, 0) is 28.8 Å². The number of carboxylic acid groups (broad SMARTS) is 6. The molecule has 0 atom stereocenters. The van der Waals surface area contributed by atoms with E-state index >= 15 is 0 Å². The van der Waals surface area contributed by atoms with Crippen molar-refractivity contribution in [1.82, 2.24) is 0 Å². The molecule has 0 rings (SSSR count). The maximum Gasteiger partial charge on any atom is 0.414 e. The fourth-order valence-electron chi connectivity index (χ4n) is 0. The Morgan fingerprint density at radius 2 is 0.400 bits per heavy atom. The molecule has 6 N–H and O–H groups in total. The van der Waals surface area contributed by atoms with Gasteiger partial charge in [0, 0.05) is 88.1 Å². The van der Waals surface area contributed by atoms with Crippen molar-refractivity contribution in [2.45, 2.75) is 0 Å². The molecule has 0 aliphatic carbocycles. The molecule has 0 aliphatic rings. The fourth-order valence-corrected chi connectivity index (χ4v) is 0. The Bertz CT molecular complexity index is 281. The fraction of sp³-hybridized carbons (Fsp3) is 0. The number of hydrogen-bond acceptors (Lipinski definition) is 6. The Morgan fingerprint density at radius 1 is 0.350 bits per heavy atom. The average Bonchev–Trinajstić information content (AvgIpc) is 2.18. The number of rotatable bonds is 0. The van der Waals surface area contributed by atoms with Crippen molar-refractivity contribution < 1.29 is 148 Å².